The molecule has 0 aliphatic carbocycles. The van der Waals surface area contributed by atoms with Crippen LogP contribution in [0.4, 0.5) is 0 Å². The first kappa shape index (κ1) is 21.6. The van der Waals surface area contributed by atoms with Crippen molar-refractivity contribution in [3.8, 4) is 0 Å². The monoisotopic (exact) mass is 361 g/mol. The van der Waals surface area contributed by atoms with Gasteiger partial charge in [0.25, 0.3) is 5.91 Å². The number of benzene rings is 1. The van der Waals surface area contributed by atoms with Gasteiger partial charge in [0, 0.05) is 25.2 Å². The minimum atomic E-state index is -3.62. The average Bonchev–Trinajstić information content (AvgIpc) is 2.52. The van der Waals surface area contributed by atoms with E-state index in [-0.39, 0.29) is 29.8 Å². The number of hydrogen-bond acceptors (Lipinski definition) is 4. The standard InChI is InChI=1S/C15H23N3O3S.ClH/c1-3-8-16-10-11-17-15(19)13-6-5-7-14(12-13)22(20,21)18-9-4-2;/h4-7,12,16,18H,2-3,8-11H2,1H3,(H,17,19);1H. The molecule has 0 fully saturated rings. The molecule has 8 heteroatoms. The van der Waals surface area contributed by atoms with Crippen molar-refractivity contribution in [2.45, 2.75) is 18.2 Å². The molecule has 1 rings (SSSR count). The highest BCUT2D eigenvalue weighted by atomic mass is 35.5. The summed E-state index contributed by atoms with van der Waals surface area (Å²) in [4.78, 5) is 12.1. The van der Waals surface area contributed by atoms with Gasteiger partial charge in [-0.2, -0.15) is 0 Å². The number of rotatable bonds is 10. The lowest BCUT2D eigenvalue weighted by Crippen LogP contribution is -2.32. The summed E-state index contributed by atoms with van der Waals surface area (Å²) < 4.78 is 26.4. The van der Waals surface area contributed by atoms with Gasteiger partial charge in [-0.05, 0) is 31.2 Å². The van der Waals surface area contributed by atoms with E-state index in [4.69, 9.17) is 0 Å². The minimum Gasteiger partial charge on any atom is -0.351 e. The lowest BCUT2D eigenvalue weighted by atomic mass is 10.2. The highest BCUT2D eigenvalue weighted by molar-refractivity contribution is 7.89. The van der Waals surface area contributed by atoms with Gasteiger partial charge in [0.2, 0.25) is 10.0 Å². The van der Waals surface area contributed by atoms with E-state index in [2.05, 4.69) is 28.9 Å². The Morgan fingerprint density at radius 2 is 2.00 bits per heavy atom. The molecular weight excluding hydrogens is 338 g/mol. The number of carbonyl (C=O) groups is 1. The Bertz CT molecular complexity index is 606. The number of carbonyl (C=O) groups excluding carboxylic acids is 1. The van der Waals surface area contributed by atoms with Crippen LogP contribution in [0.5, 0.6) is 0 Å². The smallest absolute Gasteiger partial charge is 0.251 e. The van der Waals surface area contributed by atoms with Gasteiger partial charge < -0.3 is 10.6 Å². The third kappa shape index (κ3) is 7.60. The fourth-order valence-corrected chi connectivity index (χ4v) is 2.77. The molecule has 23 heavy (non-hydrogen) atoms. The van der Waals surface area contributed by atoms with Crippen molar-refractivity contribution in [2.75, 3.05) is 26.2 Å². The van der Waals surface area contributed by atoms with E-state index in [1.165, 1.54) is 18.2 Å². The molecular formula is C15H24ClN3O3S. The molecule has 0 spiro atoms. The van der Waals surface area contributed by atoms with Crippen LogP contribution >= 0.6 is 12.4 Å². The summed E-state index contributed by atoms with van der Waals surface area (Å²) in [6.07, 6.45) is 2.49. The summed E-state index contributed by atoms with van der Waals surface area (Å²) in [5, 5.41) is 5.92. The number of hydrogen-bond donors (Lipinski definition) is 3. The van der Waals surface area contributed by atoms with E-state index in [9.17, 15) is 13.2 Å². The molecule has 0 heterocycles. The third-order valence-electron chi connectivity index (χ3n) is 2.84. The molecule has 130 valence electrons. The molecule has 1 aromatic carbocycles. The van der Waals surface area contributed by atoms with Gasteiger partial charge in [0.1, 0.15) is 0 Å². The van der Waals surface area contributed by atoms with Crippen molar-refractivity contribution in [3.05, 3.63) is 42.5 Å². The van der Waals surface area contributed by atoms with Crippen molar-refractivity contribution in [3.63, 3.8) is 0 Å². The van der Waals surface area contributed by atoms with Crippen molar-refractivity contribution >= 4 is 28.3 Å². The van der Waals surface area contributed by atoms with Crippen LogP contribution in [-0.4, -0.2) is 40.5 Å². The fraction of sp³-hybridized carbons (Fsp3) is 0.400. The van der Waals surface area contributed by atoms with Gasteiger partial charge in [0.05, 0.1) is 4.90 Å². The van der Waals surface area contributed by atoms with Crippen molar-refractivity contribution in [1.29, 1.82) is 0 Å². The molecule has 6 nitrogen and oxygen atoms in total. The molecule has 0 bridgehead atoms. The summed E-state index contributed by atoms with van der Waals surface area (Å²) in [7, 11) is -3.62. The molecule has 0 saturated carbocycles. The third-order valence-corrected chi connectivity index (χ3v) is 4.26. The van der Waals surface area contributed by atoms with Crippen LogP contribution in [0.1, 0.15) is 23.7 Å². The quantitative estimate of drug-likeness (QED) is 0.433. The zero-order valence-electron chi connectivity index (χ0n) is 13.2. The first-order chi connectivity index (χ1) is 10.5. The Hall–Kier alpha value is -1.41. The van der Waals surface area contributed by atoms with E-state index in [1.54, 1.807) is 12.1 Å². The molecule has 0 unspecified atom stereocenters. The Kier molecular flexibility index (Phi) is 10.5. The Morgan fingerprint density at radius 3 is 2.65 bits per heavy atom. The highest BCUT2D eigenvalue weighted by Gasteiger charge is 2.15. The van der Waals surface area contributed by atoms with E-state index < -0.39 is 10.0 Å². The maximum absolute atomic E-state index is 12.0. The molecule has 0 aliphatic heterocycles. The number of sulfonamides is 1. The predicted molar refractivity (Wildman–Crippen MR) is 94.6 cm³/mol. The van der Waals surface area contributed by atoms with Gasteiger partial charge in [-0.3, -0.25) is 4.79 Å². The summed E-state index contributed by atoms with van der Waals surface area (Å²) in [6, 6.07) is 5.94. The van der Waals surface area contributed by atoms with Gasteiger partial charge in [-0.1, -0.05) is 19.1 Å². The maximum Gasteiger partial charge on any atom is 0.251 e. The van der Waals surface area contributed by atoms with E-state index in [0.717, 1.165) is 13.0 Å². The maximum atomic E-state index is 12.0. The molecule has 1 aromatic rings. The SMILES string of the molecule is C=CCNS(=O)(=O)c1cccc(C(=O)NCCNCCC)c1.Cl. The topological polar surface area (TPSA) is 87.3 Å². The molecule has 3 N–H and O–H groups in total. The molecule has 0 aliphatic rings. The second kappa shape index (κ2) is 11.2. The lowest BCUT2D eigenvalue weighted by Gasteiger charge is -2.08. The van der Waals surface area contributed by atoms with Crippen LogP contribution < -0.4 is 15.4 Å². The molecule has 0 radical (unpaired) electrons. The van der Waals surface area contributed by atoms with Crippen LogP contribution in [0.15, 0.2) is 41.8 Å². The second-order valence-corrected chi connectivity index (χ2v) is 6.44. The lowest BCUT2D eigenvalue weighted by molar-refractivity contribution is 0.0953. The molecule has 0 atom stereocenters. The van der Waals surface area contributed by atoms with Crippen LogP contribution in [0, 0.1) is 0 Å². The van der Waals surface area contributed by atoms with E-state index >= 15 is 0 Å². The highest BCUT2D eigenvalue weighted by Crippen LogP contribution is 2.11. The van der Waals surface area contributed by atoms with Crippen molar-refractivity contribution in [1.82, 2.24) is 15.4 Å². The van der Waals surface area contributed by atoms with Gasteiger partial charge >= 0.3 is 0 Å². The summed E-state index contributed by atoms with van der Waals surface area (Å²) in [5.41, 5.74) is 0.317. The van der Waals surface area contributed by atoms with Gasteiger partial charge in [-0.15, -0.1) is 19.0 Å². The van der Waals surface area contributed by atoms with E-state index in [1.807, 2.05) is 0 Å². The summed E-state index contributed by atoms with van der Waals surface area (Å²) >= 11 is 0. The zero-order chi connectivity index (χ0) is 16.4. The Labute approximate surface area is 144 Å². The van der Waals surface area contributed by atoms with Crippen LogP contribution in [0.25, 0.3) is 0 Å². The van der Waals surface area contributed by atoms with Crippen molar-refractivity contribution in [2.24, 2.45) is 0 Å². The van der Waals surface area contributed by atoms with Gasteiger partial charge in [0.15, 0.2) is 0 Å². The van der Waals surface area contributed by atoms with Gasteiger partial charge in [-0.25, -0.2) is 13.1 Å². The first-order valence-electron chi connectivity index (χ1n) is 7.20. The van der Waals surface area contributed by atoms with E-state index in [0.29, 0.717) is 18.7 Å². The summed E-state index contributed by atoms with van der Waals surface area (Å²) in [5.74, 6) is -0.293. The molecule has 0 saturated heterocycles. The normalized spacial score (nSPS) is 10.7. The van der Waals surface area contributed by atoms with Crippen molar-refractivity contribution < 1.29 is 13.2 Å². The second-order valence-electron chi connectivity index (χ2n) is 4.67. The largest absolute Gasteiger partial charge is 0.351 e. The minimum absolute atomic E-state index is 0. The average molecular weight is 362 g/mol. The van der Waals surface area contributed by atoms with Crippen LogP contribution in [-0.2, 0) is 10.0 Å². The molecule has 0 aromatic heterocycles. The fourth-order valence-electron chi connectivity index (χ4n) is 1.72. The number of nitrogens with one attached hydrogen (secondary N) is 3. The molecule has 1 amide bonds. The number of amides is 1. The Balaban J connectivity index is 0.00000484. The summed E-state index contributed by atoms with van der Waals surface area (Å²) in [6.45, 7) is 7.74. The first-order valence-corrected chi connectivity index (χ1v) is 8.69. The number of halogens is 1. The van der Waals surface area contributed by atoms with Crippen LogP contribution in [0.2, 0.25) is 0 Å². The predicted octanol–water partition coefficient (Wildman–Crippen LogP) is 1.30. The Morgan fingerprint density at radius 1 is 1.26 bits per heavy atom. The zero-order valence-corrected chi connectivity index (χ0v) is 14.8. The van der Waals surface area contributed by atoms with Crippen LogP contribution in [0.3, 0.4) is 0 Å².